The van der Waals surface area contributed by atoms with E-state index in [-0.39, 0.29) is 24.7 Å². The smallest absolute Gasteiger partial charge is 0.271 e. The Morgan fingerprint density at radius 3 is 2.23 bits per heavy atom. The van der Waals surface area contributed by atoms with Gasteiger partial charge in [-0.15, -0.1) is 0 Å². The first-order chi connectivity index (χ1) is 19.3. The first-order valence-electron chi connectivity index (χ1n) is 13.0. The van der Waals surface area contributed by atoms with Crippen LogP contribution in [-0.4, -0.2) is 47.2 Å². The molecule has 3 amide bonds. The summed E-state index contributed by atoms with van der Waals surface area (Å²) in [6.07, 6.45) is 0. The minimum Gasteiger partial charge on any atom is -0.457 e. The number of hydrogen-bond acceptors (Lipinski definition) is 4. The quantitative estimate of drug-likeness (QED) is 0.221. The van der Waals surface area contributed by atoms with E-state index < -0.39 is 11.8 Å². The molecule has 0 atom stereocenters. The zero-order chi connectivity index (χ0) is 28.6. The molecule has 4 rings (SSSR count). The van der Waals surface area contributed by atoms with Crippen LogP contribution in [0.15, 0.2) is 72.8 Å². The number of hydrogen-bond donors (Lipinski definition) is 3. The van der Waals surface area contributed by atoms with Gasteiger partial charge in [0.05, 0.1) is 12.1 Å². The molecule has 0 aliphatic heterocycles. The van der Waals surface area contributed by atoms with Gasteiger partial charge in [0.2, 0.25) is 17.5 Å². The van der Waals surface area contributed by atoms with E-state index in [1.165, 1.54) is 10.5 Å². The number of ether oxygens (including phenoxy) is 1. The van der Waals surface area contributed by atoms with E-state index in [1.54, 1.807) is 55.5 Å². The second kappa shape index (κ2) is 12.6. The normalized spacial score (nSPS) is 10.7. The van der Waals surface area contributed by atoms with Crippen LogP contribution >= 0.6 is 0 Å². The van der Waals surface area contributed by atoms with Crippen LogP contribution in [0.2, 0.25) is 0 Å². The van der Waals surface area contributed by atoms with Gasteiger partial charge < -0.3 is 25.3 Å². The first-order valence-corrected chi connectivity index (χ1v) is 13.0. The summed E-state index contributed by atoms with van der Waals surface area (Å²) in [6.45, 7) is 13.1. The standard InChI is InChI=1S/C31H31N5O4/c1-5-33-28(37)18-36(31(39)27-17-22-7-6-8-26(32-4)30(22)35-27)19-29(38)34-23-11-15-25(16-12-23)40-24-13-9-21(10-14-24)20(2)3/h6-17,20,35H,5,18-19H2,1-3H3,(H,33,37)(H,34,38). The maximum atomic E-state index is 13.4. The number of nitrogens with zero attached hydrogens (tertiary/aromatic N) is 2. The van der Waals surface area contributed by atoms with Gasteiger partial charge in [0.25, 0.3) is 5.91 Å². The molecule has 4 aromatic rings. The Morgan fingerprint density at radius 2 is 1.60 bits per heavy atom. The Labute approximate surface area is 233 Å². The van der Waals surface area contributed by atoms with Crippen molar-refractivity contribution in [1.82, 2.24) is 15.2 Å². The largest absolute Gasteiger partial charge is 0.457 e. The first kappa shape index (κ1) is 27.9. The van der Waals surface area contributed by atoms with Crippen molar-refractivity contribution in [3.05, 3.63) is 95.5 Å². The number of amides is 3. The second-order valence-electron chi connectivity index (χ2n) is 9.55. The lowest BCUT2D eigenvalue weighted by Crippen LogP contribution is -2.44. The molecule has 0 radical (unpaired) electrons. The Morgan fingerprint density at radius 1 is 0.950 bits per heavy atom. The number of aromatic nitrogens is 1. The lowest BCUT2D eigenvalue weighted by Gasteiger charge is -2.21. The summed E-state index contributed by atoms with van der Waals surface area (Å²) in [5.41, 5.74) is 2.84. The number of carbonyl (C=O) groups excluding carboxylic acids is 3. The molecular weight excluding hydrogens is 506 g/mol. The van der Waals surface area contributed by atoms with Crippen molar-refractivity contribution in [2.24, 2.45) is 0 Å². The van der Waals surface area contributed by atoms with Gasteiger partial charge in [0, 0.05) is 12.2 Å². The highest BCUT2D eigenvalue weighted by Gasteiger charge is 2.23. The van der Waals surface area contributed by atoms with Crippen LogP contribution < -0.4 is 15.4 Å². The maximum absolute atomic E-state index is 13.4. The van der Waals surface area contributed by atoms with Crippen molar-refractivity contribution in [1.29, 1.82) is 0 Å². The van der Waals surface area contributed by atoms with E-state index in [2.05, 4.69) is 34.3 Å². The molecule has 1 aromatic heterocycles. The van der Waals surface area contributed by atoms with Gasteiger partial charge >= 0.3 is 0 Å². The SMILES string of the molecule is [C-]#[N+]c1cccc2cc(C(=O)N(CC(=O)NCC)CC(=O)Nc3ccc(Oc4ccc(C(C)C)cc4)cc3)[nH]c12. The van der Waals surface area contributed by atoms with Crippen LogP contribution in [0.3, 0.4) is 0 Å². The molecule has 1 heterocycles. The highest BCUT2D eigenvalue weighted by molar-refractivity contribution is 6.04. The number of nitrogens with one attached hydrogen (secondary N) is 3. The number of H-pyrrole nitrogens is 1. The number of aromatic amines is 1. The summed E-state index contributed by atoms with van der Waals surface area (Å²) in [5, 5.41) is 6.12. The predicted molar refractivity (Wildman–Crippen MR) is 155 cm³/mol. The highest BCUT2D eigenvalue weighted by Crippen LogP contribution is 2.27. The second-order valence-corrected chi connectivity index (χ2v) is 9.55. The van der Waals surface area contributed by atoms with E-state index in [1.807, 2.05) is 24.3 Å². The van der Waals surface area contributed by atoms with Gasteiger partial charge in [-0.25, -0.2) is 4.85 Å². The zero-order valence-electron chi connectivity index (χ0n) is 22.7. The third-order valence-corrected chi connectivity index (χ3v) is 6.24. The van der Waals surface area contributed by atoms with E-state index in [9.17, 15) is 14.4 Å². The predicted octanol–water partition coefficient (Wildman–Crippen LogP) is 5.85. The fourth-order valence-corrected chi connectivity index (χ4v) is 4.18. The number of rotatable bonds is 10. The summed E-state index contributed by atoms with van der Waals surface area (Å²) in [4.78, 5) is 46.2. The monoisotopic (exact) mass is 537 g/mol. The molecule has 0 bridgehead atoms. The number of fused-ring (bicyclic) bond motifs is 1. The number of anilines is 1. The Bertz CT molecular complexity index is 1550. The summed E-state index contributed by atoms with van der Waals surface area (Å²) in [5.74, 6) is 0.380. The summed E-state index contributed by atoms with van der Waals surface area (Å²) < 4.78 is 5.89. The third-order valence-electron chi connectivity index (χ3n) is 6.24. The molecule has 204 valence electrons. The van der Waals surface area contributed by atoms with E-state index in [4.69, 9.17) is 11.3 Å². The molecule has 0 aliphatic rings. The van der Waals surface area contributed by atoms with Crippen molar-refractivity contribution in [2.75, 3.05) is 25.0 Å². The van der Waals surface area contributed by atoms with Gasteiger partial charge in [0.15, 0.2) is 0 Å². The molecule has 0 saturated carbocycles. The Hall–Kier alpha value is -5.10. The van der Waals surface area contributed by atoms with E-state index in [0.717, 1.165) is 0 Å². The van der Waals surface area contributed by atoms with E-state index >= 15 is 0 Å². The van der Waals surface area contributed by atoms with Gasteiger partial charge in [-0.1, -0.05) is 44.2 Å². The minimum absolute atomic E-state index is 0.186. The van der Waals surface area contributed by atoms with Crippen molar-refractivity contribution in [2.45, 2.75) is 26.7 Å². The third kappa shape index (κ3) is 6.85. The lowest BCUT2D eigenvalue weighted by atomic mass is 10.0. The van der Waals surface area contributed by atoms with E-state index in [0.29, 0.717) is 46.2 Å². The molecule has 3 aromatic carbocycles. The fourth-order valence-electron chi connectivity index (χ4n) is 4.18. The Kier molecular flexibility index (Phi) is 8.82. The lowest BCUT2D eigenvalue weighted by molar-refractivity contribution is -0.122. The van der Waals surface area contributed by atoms with Crippen LogP contribution in [0.5, 0.6) is 11.5 Å². The van der Waals surface area contributed by atoms with Crippen LogP contribution in [0.4, 0.5) is 11.4 Å². The van der Waals surface area contributed by atoms with Crippen LogP contribution in [0.1, 0.15) is 42.7 Å². The number of likely N-dealkylation sites (N-methyl/N-ethyl adjacent to an activating group) is 1. The van der Waals surface area contributed by atoms with Crippen molar-refractivity contribution < 1.29 is 19.1 Å². The van der Waals surface area contributed by atoms with Crippen LogP contribution in [0, 0.1) is 6.57 Å². The summed E-state index contributed by atoms with van der Waals surface area (Å²) >= 11 is 0. The molecule has 0 fully saturated rings. The molecule has 9 nitrogen and oxygen atoms in total. The molecular formula is C31H31N5O4. The zero-order valence-corrected chi connectivity index (χ0v) is 22.7. The fraction of sp³-hybridized carbons (Fsp3) is 0.226. The van der Waals surface area contributed by atoms with Crippen LogP contribution in [-0.2, 0) is 9.59 Å². The van der Waals surface area contributed by atoms with Crippen LogP contribution in [0.25, 0.3) is 15.7 Å². The highest BCUT2D eigenvalue weighted by atomic mass is 16.5. The molecule has 0 spiro atoms. The van der Waals surface area contributed by atoms with Gasteiger partial charge in [-0.3, -0.25) is 14.4 Å². The maximum Gasteiger partial charge on any atom is 0.271 e. The number of carbonyl (C=O) groups is 3. The van der Waals surface area contributed by atoms with Gasteiger partial charge in [0.1, 0.15) is 30.3 Å². The van der Waals surface area contributed by atoms with Crippen molar-refractivity contribution in [3.8, 4) is 11.5 Å². The van der Waals surface area contributed by atoms with Gasteiger partial charge in [-0.05, 0) is 66.3 Å². The molecule has 9 heteroatoms. The number of para-hydroxylation sites is 1. The average Bonchev–Trinajstić information content (AvgIpc) is 3.38. The summed E-state index contributed by atoms with van der Waals surface area (Å²) in [7, 11) is 0. The average molecular weight is 538 g/mol. The molecule has 40 heavy (non-hydrogen) atoms. The van der Waals surface area contributed by atoms with Crippen molar-refractivity contribution in [3.63, 3.8) is 0 Å². The molecule has 0 unspecified atom stereocenters. The molecule has 3 N–H and O–H groups in total. The number of benzene rings is 3. The topological polar surface area (TPSA) is 108 Å². The Balaban J connectivity index is 1.44. The summed E-state index contributed by atoms with van der Waals surface area (Å²) in [6, 6.07) is 21.6. The molecule has 0 saturated heterocycles. The van der Waals surface area contributed by atoms with Gasteiger partial charge in [-0.2, -0.15) is 0 Å². The molecule has 0 aliphatic carbocycles. The minimum atomic E-state index is -0.527. The van der Waals surface area contributed by atoms with Crippen molar-refractivity contribution >= 4 is 40.0 Å².